The van der Waals surface area contributed by atoms with Crippen LogP contribution in [0.2, 0.25) is 0 Å². The summed E-state index contributed by atoms with van der Waals surface area (Å²) in [7, 11) is 0. The van der Waals surface area contributed by atoms with Gasteiger partial charge in [-0.25, -0.2) is 9.97 Å². The fourth-order valence-corrected chi connectivity index (χ4v) is 2.67. The number of nitrogens with one attached hydrogen (secondary N) is 1. The minimum absolute atomic E-state index is 0.151. The highest BCUT2D eigenvalue weighted by Gasteiger charge is 2.45. The molecule has 0 atom stereocenters. The molecule has 1 saturated heterocycles. The molecule has 1 amide bonds. The molecule has 7 heteroatoms. The van der Waals surface area contributed by atoms with Gasteiger partial charge >= 0.3 is 0 Å². The Hall–Kier alpha value is -3.01. The first kappa shape index (κ1) is 15.9. The predicted octanol–water partition coefficient (Wildman–Crippen LogP) is 2.55. The van der Waals surface area contributed by atoms with Gasteiger partial charge in [0.2, 0.25) is 0 Å². The number of anilines is 2. The highest BCUT2D eigenvalue weighted by molar-refractivity contribution is 5.93. The Kier molecular flexibility index (Phi) is 4.38. The van der Waals surface area contributed by atoms with E-state index in [-0.39, 0.29) is 31.1 Å². The normalized spacial score (nSPS) is 15.2. The summed E-state index contributed by atoms with van der Waals surface area (Å²) in [5.74, 6) is 0.230. The van der Waals surface area contributed by atoms with Crippen LogP contribution in [0.15, 0.2) is 42.7 Å². The minimum atomic E-state index is -0.761. The van der Waals surface area contributed by atoms with Crippen molar-refractivity contribution in [2.75, 3.05) is 25.1 Å². The van der Waals surface area contributed by atoms with Crippen LogP contribution in [0.25, 0.3) is 0 Å². The summed E-state index contributed by atoms with van der Waals surface area (Å²) in [6.45, 7) is -0.0936. The molecule has 1 aromatic carbocycles. The molecule has 1 aromatic heterocycles. The Bertz CT molecular complexity index is 768. The molecule has 1 fully saturated rings. The van der Waals surface area contributed by atoms with Gasteiger partial charge in [-0.05, 0) is 18.6 Å². The van der Waals surface area contributed by atoms with Gasteiger partial charge in [-0.15, -0.1) is 0 Å². The molecule has 0 bridgehead atoms. The van der Waals surface area contributed by atoms with Crippen LogP contribution in [0.5, 0.6) is 0 Å². The average molecular weight is 325 g/mol. The molecule has 1 aliphatic heterocycles. The third-order valence-corrected chi connectivity index (χ3v) is 4.02. The van der Waals surface area contributed by atoms with Crippen LogP contribution < -0.4 is 5.32 Å². The molecular weight excluding hydrogens is 309 g/mol. The summed E-state index contributed by atoms with van der Waals surface area (Å²) in [6, 6.07) is 13.1. The smallest absolute Gasteiger partial charge is 0.272 e. The van der Waals surface area contributed by atoms with Crippen molar-refractivity contribution in [3.63, 3.8) is 0 Å². The molecule has 2 aromatic rings. The Morgan fingerprint density at radius 3 is 2.75 bits per heavy atom. The van der Waals surface area contributed by atoms with Crippen LogP contribution >= 0.6 is 0 Å². The first-order valence-corrected chi connectivity index (χ1v) is 7.56. The van der Waals surface area contributed by atoms with E-state index in [9.17, 15) is 9.18 Å². The van der Waals surface area contributed by atoms with E-state index in [1.54, 1.807) is 6.07 Å². The summed E-state index contributed by atoms with van der Waals surface area (Å²) in [6.07, 6.45) is 1.47. The van der Waals surface area contributed by atoms with Crippen LogP contribution in [0.4, 0.5) is 15.9 Å². The van der Waals surface area contributed by atoms with Gasteiger partial charge in [0, 0.05) is 24.8 Å². The molecule has 122 valence electrons. The second kappa shape index (κ2) is 6.62. The second-order valence-corrected chi connectivity index (χ2v) is 5.77. The predicted molar refractivity (Wildman–Crippen MR) is 86.3 cm³/mol. The molecule has 6 nitrogen and oxygen atoms in total. The van der Waals surface area contributed by atoms with Crippen LogP contribution in [-0.2, 0) is 0 Å². The number of amides is 1. The lowest BCUT2D eigenvalue weighted by molar-refractivity contribution is 0.0248. The van der Waals surface area contributed by atoms with E-state index in [0.29, 0.717) is 5.82 Å². The van der Waals surface area contributed by atoms with Gasteiger partial charge in [0.25, 0.3) is 5.91 Å². The summed E-state index contributed by atoms with van der Waals surface area (Å²) in [5, 5.41) is 12.3. The van der Waals surface area contributed by atoms with Gasteiger partial charge in [-0.1, -0.05) is 18.2 Å². The van der Waals surface area contributed by atoms with Gasteiger partial charge in [0.05, 0.1) is 18.2 Å². The lowest BCUT2D eigenvalue weighted by Gasteiger charge is -2.45. The first-order chi connectivity index (χ1) is 11.7. The topological polar surface area (TPSA) is 81.9 Å². The number of hydrogen-bond acceptors (Lipinski definition) is 5. The summed E-state index contributed by atoms with van der Waals surface area (Å²) < 4.78 is 12.5. The number of benzene rings is 1. The highest BCUT2D eigenvalue weighted by atomic mass is 19.1. The lowest BCUT2D eigenvalue weighted by atomic mass is 9.78. The van der Waals surface area contributed by atoms with Crippen LogP contribution in [0.1, 0.15) is 16.9 Å². The summed E-state index contributed by atoms with van der Waals surface area (Å²) >= 11 is 0. The van der Waals surface area contributed by atoms with E-state index >= 15 is 0 Å². The molecule has 24 heavy (non-hydrogen) atoms. The van der Waals surface area contributed by atoms with Gasteiger partial charge in [-0.2, -0.15) is 5.26 Å². The number of nitrogens with zero attached hydrogens (tertiary/aromatic N) is 4. The first-order valence-electron chi connectivity index (χ1n) is 7.56. The van der Waals surface area contributed by atoms with E-state index in [1.165, 1.54) is 11.2 Å². The quantitative estimate of drug-likeness (QED) is 0.913. The zero-order valence-electron chi connectivity index (χ0n) is 12.9. The van der Waals surface area contributed by atoms with Crippen molar-refractivity contribution in [3.05, 3.63) is 48.4 Å². The lowest BCUT2D eigenvalue weighted by Crippen LogP contribution is -2.58. The maximum Gasteiger partial charge on any atom is 0.272 e. The number of carbonyl (C=O) groups is 1. The summed E-state index contributed by atoms with van der Waals surface area (Å²) in [4.78, 5) is 22.1. The number of aromatic nitrogens is 2. The number of nitriles is 1. The molecular formula is C17H16FN5O. The van der Waals surface area contributed by atoms with E-state index < -0.39 is 12.1 Å². The molecule has 2 heterocycles. The second-order valence-electron chi connectivity index (χ2n) is 5.77. The third-order valence-electron chi connectivity index (χ3n) is 4.02. The average Bonchev–Trinajstić information content (AvgIpc) is 2.58. The molecule has 0 unspecified atom stereocenters. The minimum Gasteiger partial charge on any atom is -0.340 e. The monoisotopic (exact) mass is 325 g/mol. The van der Waals surface area contributed by atoms with Crippen molar-refractivity contribution in [1.82, 2.24) is 14.9 Å². The van der Waals surface area contributed by atoms with E-state index in [4.69, 9.17) is 5.26 Å². The third kappa shape index (κ3) is 3.18. The number of alkyl halides is 1. The number of para-hydroxylation sites is 1. The van der Waals surface area contributed by atoms with E-state index in [2.05, 4.69) is 21.4 Å². The molecule has 0 radical (unpaired) electrons. The maximum atomic E-state index is 12.5. The number of halogens is 1. The SMILES string of the molecule is N#CC1(CCF)CN(C(=O)c2cc(Nc3ccccc3)ncn2)C1. The number of hydrogen-bond donors (Lipinski definition) is 1. The molecule has 3 rings (SSSR count). The van der Waals surface area contributed by atoms with E-state index in [0.717, 1.165) is 5.69 Å². The van der Waals surface area contributed by atoms with Crippen LogP contribution in [-0.4, -0.2) is 40.5 Å². The van der Waals surface area contributed by atoms with Crippen LogP contribution in [0, 0.1) is 16.7 Å². The molecule has 0 aliphatic carbocycles. The van der Waals surface area contributed by atoms with Crippen molar-refractivity contribution in [2.45, 2.75) is 6.42 Å². The maximum absolute atomic E-state index is 12.5. The number of rotatable bonds is 5. The standard InChI is InChI=1S/C17H16FN5O/c18-7-6-17(9-19)10-23(11-17)16(24)14-8-15(21-12-20-14)22-13-4-2-1-3-5-13/h1-5,8,12H,6-7,10-11H2,(H,20,21,22). The van der Waals surface area contributed by atoms with Crippen molar-refractivity contribution >= 4 is 17.4 Å². The fraction of sp³-hybridized carbons (Fsp3) is 0.294. The fourth-order valence-electron chi connectivity index (χ4n) is 2.67. The van der Waals surface area contributed by atoms with Crippen molar-refractivity contribution in [1.29, 1.82) is 5.26 Å². The van der Waals surface area contributed by atoms with Crippen molar-refractivity contribution in [2.24, 2.45) is 5.41 Å². The molecule has 1 N–H and O–H groups in total. The molecule has 0 saturated carbocycles. The van der Waals surface area contributed by atoms with Gasteiger partial charge in [0.1, 0.15) is 17.8 Å². The van der Waals surface area contributed by atoms with Crippen LogP contribution in [0.3, 0.4) is 0 Å². The summed E-state index contributed by atoms with van der Waals surface area (Å²) in [5.41, 5.74) is 0.336. The zero-order valence-corrected chi connectivity index (χ0v) is 12.9. The Morgan fingerprint density at radius 1 is 1.33 bits per heavy atom. The highest BCUT2D eigenvalue weighted by Crippen LogP contribution is 2.34. The molecule has 0 spiro atoms. The largest absolute Gasteiger partial charge is 0.340 e. The van der Waals surface area contributed by atoms with Crippen molar-refractivity contribution < 1.29 is 9.18 Å². The van der Waals surface area contributed by atoms with Gasteiger partial charge < -0.3 is 10.2 Å². The Balaban J connectivity index is 1.69. The van der Waals surface area contributed by atoms with Gasteiger partial charge in [0.15, 0.2) is 0 Å². The van der Waals surface area contributed by atoms with Gasteiger partial charge in [-0.3, -0.25) is 9.18 Å². The van der Waals surface area contributed by atoms with Crippen molar-refractivity contribution in [3.8, 4) is 6.07 Å². The number of carbonyl (C=O) groups excluding carboxylic acids is 1. The number of likely N-dealkylation sites (tertiary alicyclic amines) is 1. The molecule has 1 aliphatic rings. The van der Waals surface area contributed by atoms with E-state index in [1.807, 2.05) is 30.3 Å². The Morgan fingerprint density at radius 2 is 2.08 bits per heavy atom. The Labute approximate surface area is 139 Å². The zero-order chi connectivity index (χ0) is 17.0.